The highest BCUT2D eigenvalue weighted by Gasteiger charge is 2.16. The van der Waals surface area contributed by atoms with E-state index in [2.05, 4.69) is 0 Å². The second kappa shape index (κ2) is 10.9. The van der Waals surface area contributed by atoms with Gasteiger partial charge in [-0.1, -0.05) is 60.7 Å². The predicted molar refractivity (Wildman–Crippen MR) is 130 cm³/mol. The Hall–Kier alpha value is -2.70. The zero-order chi connectivity index (χ0) is 22.3. The smallest absolute Gasteiger partial charge is 0.124 e. The van der Waals surface area contributed by atoms with Gasteiger partial charge >= 0.3 is 0 Å². The van der Waals surface area contributed by atoms with Gasteiger partial charge in [-0.15, -0.1) is 0 Å². The van der Waals surface area contributed by atoms with E-state index >= 15 is 0 Å². The Morgan fingerprint density at radius 2 is 0.833 bits per heavy atom. The van der Waals surface area contributed by atoms with Gasteiger partial charge < -0.3 is 10.2 Å². The molecule has 6 heteroatoms. The van der Waals surface area contributed by atoms with Gasteiger partial charge in [-0.25, -0.2) is 0 Å². The monoisotopic (exact) mass is 442 g/mol. The Bertz CT molecular complexity index is 1100. The summed E-state index contributed by atoms with van der Waals surface area (Å²) in [6, 6.07) is 22.9. The standard InChI is InChI=1S/C20H14O2.2C2H6OS/c21-17-11-9-13-5-1-3-7-15(13)19(17)20-16-8-4-2-6-14(16)10-12-18(20)22;2*1-4(2)3/h1-12,21-22H;2*1-2H3. The van der Waals surface area contributed by atoms with Crippen molar-refractivity contribution in [1.82, 2.24) is 0 Å². The van der Waals surface area contributed by atoms with Gasteiger partial charge in [0.25, 0.3) is 0 Å². The average Bonchev–Trinajstić information content (AvgIpc) is 2.68. The molecule has 0 aliphatic rings. The fraction of sp³-hybridized carbons (Fsp3) is 0.167. The topological polar surface area (TPSA) is 74.6 Å². The van der Waals surface area contributed by atoms with E-state index in [4.69, 9.17) is 0 Å². The van der Waals surface area contributed by atoms with E-state index in [1.165, 1.54) is 0 Å². The summed E-state index contributed by atoms with van der Waals surface area (Å²) in [5, 5.41) is 24.8. The van der Waals surface area contributed by atoms with Crippen LogP contribution in [0.5, 0.6) is 11.5 Å². The molecule has 0 heterocycles. The number of phenols is 2. The van der Waals surface area contributed by atoms with Gasteiger partial charge in [0.2, 0.25) is 0 Å². The molecule has 4 rings (SSSR count). The van der Waals surface area contributed by atoms with Crippen molar-refractivity contribution in [2.45, 2.75) is 0 Å². The lowest BCUT2D eigenvalue weighted by Crippen LogP contribution is -1.86. The first-order valence-corrected chi connectivity index (χ1v) is 13.1. The molecule has 4 aromatic carbocycles. The lowest BCUT2D eigenvalue weighted by Gasteiger charge is -2.14. The largest absolute Gasteiger partial charge is 0.507 e. The van der Waals surface area contributed by atoms with E-state index in [-0.39, 0.29) is 11.5 Å². The minimum absolute atomic E-state index is 0.172. The minimum Gasteiger partial charge on any atom is -0.507 e. The summed E-state index contributed by atoms with van der Waals surface area (Å²) in [7, 11) is -1.22. The lowest BCUT2D eigenvalue weighted by atomic mass is 9.92. The van der Waals surface area contributed by atoms with Crippen LogP contribution in [0.4, 0.5) is 0 Å². The molecule has 0 spiro atoms. The molecule has 4 nitrogen and oxygen atoms in total. The molecule has 30 heavy (non-hydrogen) atoms. The molecule has 0 atom stereocenters. The van der Waals surface area contributed by atoms with E-state index in [1.807, 2.05) is 60.7 Å². The van der Waals surface area contributed by atoms with Crippen LogP contribution in [-0.4, -0.2) is 43.7 Å². The SMILES string of the molecule is CS(C)=O.CS(C)=O.Oc1ccc2ccccc2c1-c1c(O)ccc2ccccc12. The summed E-state index contributed by atoms with van der Waals surface area (Å²) < 4.78 is 19.1. The van der Waals surface area contributed by atoms with Crippen LogP contribution in [0.25, 0.3) is 32.7 Å². The van der Waals surface area contributed by atoms with Crippen LogP contribution in [0, 0.1) is 0 Å². The molecule has 4 aromatic rings. The maximum Gasteiger partial charge on any atom is 0.124 e. The predicted octanol–water partition coefficient (Wildman–Crippen LogP) is 5.06. The molecule has 0 aliphatic heterocycles. The minimum atomic E-state index is -0.611. The zero-order valence-corrected chi connectivity index (χ0v) is 19.1. The van der Waals surface area contributed by atoms with Crippen molar-refractivity contribution in [3.63, 3.8) is 0 Å². The first-order valence-electron chi connectivity index (χ1n) is 9.14. The van der Waals surface area contributed by atoms with Gasteiger partial charge in [0, 0.05) is 57.7 Å². The van der Waals surface area contributed by atoms with Gasteiger partial charge in [-0.3, -0.25) is 8.42 Å². The number of fused-ring (bicyclic) bond motifs is 2. The van der Waals surface area contributed by atoms with E-state index in [0.29, 0.717) is 11.1 Å². The third-order valence-electron chi connectivity index (χ3n) is 4.06. The fourth-order valence-corrected chi connectivity index (χ4v) is 3.05. The molecule has 0 aliphatic carbocycles. The zero-order valence-electron chi connectivity index (χ0n) is 17.5. The number of aromatic hydroxyl groups is 2. The van der Waals surface area contributed by atoms with Gasteiger partial charge in [-0.05, 0) is 33.7 Å². The van der Waals surface area contributed by atoms with Crippen LogP contribution < -0.4 is 0 Å². The molecular formula is C24H26O4S2. The normalized spacial score (nSPS) is 10.5. The summed E-state index contributed by atoms with van der Waals surface area (Å²) in [6.45, 7) is 0. The van der Waals surface area contributed by atoms with Gasteiger partial charge in [-0.2, -0.15) is 0 Å². The molecule has 0 aromatic heterocycles. The van der Waals surface area contributed by atoms with Crippen molar-refractivity contribution >= 4 is 43.1 Å². The highest BCUT2D eigenvalue weighted by atomic mass is 32.2. The van der Waals surface area contributed by atoms with Crippen molar-refractivity contribution in [2.24, 2.45) is 0 Å². The van der Waals surface area contributed by atoms with E-state index in [1.54, 1.807) is 37.2 Å². The molecule has 158 valence electrons. The van der Waals surface area contributed by atoms with Crippen LogP contribution in [-0.2, 0) is 21.6 Å². The quantitative estimate of drug-likeness (QED) is 0.432. The Morgan fingerprint density at radius 1 is 0.533 bits per heavy atom. The highest BCUT2D eigenvalue weighted by Crippen LogP contribution is 2.44. The summed E-state index contributed by atoms with van der Waals surface area (Å²) in [6.07, 6.45) is 6.56. The molecule has 0 unspecified atom stereocenters. The third-order valence-corrected chi connectivity index (χ3v) is 4.06. The molecule has 0 saturated carbocycles. The second-order valence-electron chi connectivity index (χ2n) is 6.84. The van der Waals surface area contributed by atoms with Crippen LogP contribution in [0.3, 0.4) is 0 Å². The molecular weight excluding hydrogens is 416 g/mol. The van der Waals surface area contributed by atoms with Crippen molar-refractivity contribution in [3.05, 3.63) is 72.8 Å². The third kappa shape index (κ3) is 6.15. The number of phenolic OH excluding ortho intramolecular Hbond substituents is 2. The van der Waals surface area contributed by atoms with Crippen LogP contribution in [0.1, 0.15) is 0 Å². The summed E-state index contributed by atoms with van der Waals surface area (Å²) in [4.78, 5) is 0. The van der Waals surface area contributed by atoms with Gasteiger partial charge in [0.15, 0.2) is 0 Å². The summed E-state index contributed by atoms with van der Waals surface area (Å²) in [5.41, 5.74) is 1.35. The Morgan fingerprint density at radius 3 is 1.17 bits per heavy atom. The maximum atomic E-state index is 10.4. The van der Waals surface area contributed by atoms with Crippen molar-refractivity contribution in [1.29, 1.82) is 0 Å². The van der Waals surface area contributed by atoms with Crippen LogP contribution in [0.15, 0.2) is 72.8 Å². The average molecular weight is 443 g/mol. The lowest BCUT2D eigenvalue weighted by molar-refractivity contribution is 0.470. The van der Waals surface area contributed by atoms with Crippen molar-refractivity contribution in [2.75, 3.05) is 25.0 Å². The van der Waals surface area contributed by atoms with Crippen molar-refractivity contribution < 1.29 is 18.6 Å². The second-order valence-corrected chi connectivity index (χ2v) is 9.81. The first-order chi connectivity index (χ1) is 14.2. The van der Waals surface area contributed by atoms with Crippen LogP contribution in [0.2, 0.25) is 0 Å². The maximum absolute atomic E-state index is 10.4. The summed E-state index contributed by atoms with van der Waals surface area (Å²) >= 11 is 0. The molecule has 2 N–H and O–H groups in total. The van der Waals surface area contributed by atoms with E-state index < -0.39 is 21.6 Å². The number of benzene rings is 4. The van der Waals surface area contributed by atoms with Gasteiger partial charge in [0.1, 0.15) is 11.5 Å². The fourth-order valence-electron chi connectivity index (χ4n) is 3.05. The number of hydrogen-bond donors (Lipinski definition) is 2. The number of hydrogen-bond acceptors (Lipinski definition) is 4. The summed E-state index contributed by atoms with van der Waals surface area (Å²) in [5.74, 6) is 0.343. The van der Waals surface area contributed by atoms with E-state index in [0.717, 1.165) is 21.5 Å². The molecule has 0 amide bonds. The van der Waals surface area contributed by atoms with Crippen LogP contribution >= 0.6 is 0 Å². The molecule has 0 radical (unpaired) electrons. The number of rotatable bonds is 1. The van der Waals surface area contributed by atoms with E-state index in [9.17, 15) is 18.6 Å². The molecule has 0 bridgehead atoms. The highest BCUT2D eigenvalue weighted by molar-refractivity contribution is 7.83. The van der Waals surface area contributed by atoms with Gasteiger partial charge in [0.05, 0.1) is 0 Å². The van der Waals surface area contributed by atoms with Crippen molar-refractivity contribution in [3.8, 4) is 22.6 Å². The first kappa shape index (κ1) is 23.6. The Balaban J connectivity index is 0.000000347. The molecule has 0 saturated heterocycles. The Labute approximate surface area is 182 Å². The molecule has 0 fully saturated rings. The Kier molecular flexibility index (Phi) is 8.57.